The molecule has 1 aromatic heterocycles. The fourth-order valence-electron chi connectivity index (χ4n) is 4.11. The molecule has 29 heavy (non-hydrogen) atoms. The number of ether oxygens (including phenoxy) is 1. The second-order valence-corrected chi connectivity index (χ2v) is 9.74. The number of nitrogens with one attached hydrogen (secondary N) is 1. The van der Waals surface area contributed by atoms with Crippen molar-refractivity contribution in [1.82, 2.24) is 9.78 Å². The zero-order chi connectivity index (χ0) is 20.6. The van der Waals surface area contributed by atoms with Crippen molar-refractivity contribution in [2.75, 3.05) is 23.9 Å². The maximum atomic E-state index is 13.0. The monoisotopic (exact) mass is 417 g/mol. The molecule has 1 aromatic carbocycles. The highest BCUT2D eigenvalue weighted by Gasteiger charge is 2.34. The second kappa shape index (κ2) is 7.62. The van der Waals surface area contributed by atoms with E-state index in [-0.39, 0.29) is 23.5 Å². The van der Waals surface area contributed by atoms with Gasteiger partial charge in [-0.2, -0.15) is 5.10 Å². The van der Waals surface area contributed by atoms with Gasteiger partial charge >= 0.3 is 5.97 Å². The van der Waals surface area contributed by atoms with Crippen molar-refractivity contribution in [1.29, 1.82) is 0 Å². The summed E-state index contributed by atoms with van der Waals surface area (Å²) in [6.07, 6.45) is 4.04. The molecule has 0 spiro atoms. The second-order valence-electron chi connectivity index (χ2n) is 7.51. The number of hydrogen-bond acceptors (Lipinski definition) is 6. The van der Waals surface area contributed by atoms with Crippen molar-refractivity contribution in [2.24, 2.45) is 0 Å². The highest BCUT2D eigenvalue weighted by Crippen LogP contribution is 2.31. The molecule has 1 saturated heterocycles. The Morgan fingerprint density at radius 1 is 1.24 bits per heavy atom. The molecule has 4 rings (SSSR count). The van der Waals surface area contributed by atoms with Crippen molar-refractivity contribution in [2.45, 2.75) is 38.1 Å². The first-order chi connectivity index (χ1) is 13.9. The summed E-state index contributed by atoms with van der Waals surface area (Å²) in [4.78, 5) is 24.7. The molecule has 9 heteroatoms. The van der Waals surface area contributed by atoms with Gasteiger partial charge in [-0.3, -0.25) is 9.48 Å². The lowest BCUT2D eigenvalue weighted by molar-refractivity contribution is 0.0600. The molecule has 1 aliphatic carbocycles. The van der Waals surface area contributed by atoms with Gasteiger partial charge in [-0.05, 0) is 50.3 Å². The number of rotatable bonds is 4. The molecule has 2 heterocycles. The molecule has 1 amide bonds. The highest BCUT2D eigenvalue weighted by atomic mass is 32.2. The number of amides is 1. The van der Waals surface area contributed by atoms with Crippen LogP contribution in [0.15, 0.2) is 24.3 Å². The maximum Gasteiger partial charge on any atom is 0.337 e. The molecule has 2 aliphatic rings. The van der Waals surface area contributed by atoms with Gasteiger partial charge in [0.05, 0.1) is 30.2 Å². The van der Waals surface area contributed by atoms with Gasteiger partial charge in [0.15, 0.2) is 15.5 Å². The number of carbonyl (C=O) groups is 2. The minimum atomic E-state index is -3.05. The van der Waals surface area contributed by atoms with Gasteiger partial charge in [-0.25, -0.2) is 13.2 Å². The molecule has 1 N–H and O–H groups in total. The van der Waals surface area contributed by atoms with Crippen LogP contribution in [0.5, 0.6) is 0 Å². The van der Waals surface area contributed by atoms with E-state index in [4.69, 9.17) is 4.74 Å². The lowest BCUT2D eigenvalue weighted by atomic mass is 9.95. The Morgan fingerprint density at radius 3 is 2.76 bits per heavy atom. The Labute approximate surface area is 169 Å². The lowest BCUT2D eigenvalue weighted by Gasteiger charge is -2.17. The van der Waals surface area contributed by atoms with Crippen molar-refractivity contribution >= 4 is 27.4 Å². The standard InChI is InChI=1S/C20H23N3O5S/c1-28-20(25)13-5-4-6-14(11-13)21-19(24)18-16-7-2-3-8-17(16)23(22-18)15-9-10-29(26,27)12-15/h4-6,11,15H,2-3,7-10,12H2,1H3,(H,21,24). The number of sulfone groups is 1. The molecule has 1 unspecified atom stereocenters. The summed E-state index contributed by atoms with van der Waals surface area (Å²) in [5.74, 6) is -0.604. The number of fused-ring (bicyclic) bond motifs is 1. The van der Waals surface area contributed by atoms with Gasteiger partial charge in [0.1, 0.15) is 0 Å². The fourth-order valence-corrected chi connectivity index (χ4v) is 5.80. The summed E-state index contributed by atoms with van der Waals surface area (Å²) in [5, 5.41) is 7.36. The van der Waals surface area contributed by atoms with E-state index in [0.29, 0.717) is 23.4 Å². The van der Waals surface area contributed by atoms with E-state index in [2.05, 4.69) is 10.4 Å². The third kappa shape index (κ3) is 3.91. The maximum absolute atomic E-state index is 13.0. The molecule has 1 aliphatic heterocycles. The summed E-state index contributed by atoms with van der Waals surface area (Å²) in [6, 6.07) is 6.31. The summed E-state index contributed by atoms with van der Waals surface area (Å²) in [6.45, 7) is 0. The molecule has 8 nitrogen and oxygen atoms in total. The predicted octanol–water partition coefficient (Wildman–Crippen LogP) is 2.16. The largest absolute Gasteiger partial charge is 0.465 e. The Balaban J connectivity index is 1.63. The molecule has 154 valence electrons. The average molecular weight is 417 g/mol. The zero-order valence-corrected chi connectivity index (χ0v) is 17.0. The number of anilines is 1. The van der Waals surface area contributed by atoms with E-state index in [0.717, 1.165) is 36.9 Å². The number of nitrogens with zero attached hydrogens (tertiary/aromatic N) is 2. The number of carbonyl (C=O) groups excluding carboxylic acids is 2. The molecule has 0 radical (unpaired) electrons. The van der Waals surface area contributed by atoms with Crippen LogP contribution in [0.1, 0.15) is 57.4 Å². The summed E-state index contributed by atoms with van der Waals surface area (Å²) in [7, 11) is -1.75. The molecule has 0 saturated carbocycles. The van der Waals surface area contributed by atoms with E-state index >= 15 is 0 Å². The Hall–Kier alpha value is -2.68. The molecule has 2 aromatic rings. The number of benzene rings is 1. The van der Waals surface area contributed by atoms with Crippen LogP contribution in [0.3, 0.4) is 0 Å². The molecule has 1 atom stereocenters. The third-order valence-corrected chi connectivity index (χ3v) is 7.27. The minimum Gasteiger partial charge on any atom is -0.465 e. The number of aromatic nitrogens is 2. The van der Waals surface area contributed by atoms with E-state index in [1.165, 1.54) is 7.11 Å². The first-order valence-corrected chi connectivity index (χ1v) is 11.5. The van der Waals surface area contributed by atoms with Crippen LogP contribution in [0.2, 0.25) is 0 Å². The summed E-state index contributed by atoms with van der Waals surface area (Å²) >= 11 is 0. The van der Waals surface area contributed by atoms with Gasteiger partial charge in [0, 0.05) is 16.9 Å². The Kier molecular flexibility index (Phi) is 5.16. The topological polar surface area (TPSA) is 107 Å². The third-order valence-electron chi connectivity index (χ3n) is 5.52. The van der Waals surface area contributed by atoms with Crippen LogP contribution in [0.25, 0.3) is 0 Å². The van der Waals surface area contributed by atoms with Gasteiger partial charge < -0.3 is 10.1 Å². The van der Waals surface area contributed by atoms with Gasteiger partial charge in [0.25, 0.3) is 5.91 Å². The van der Waals surface area contributed by atoms with Crippen LogP contribution in [0, 0.1) is 0 Å². The van der Waals surface area contributed by atoms with Gasteiger partial charge in [0.2, 0.25) is 0 Å². The smallest absolute Gasteiger partial charge is 0.337 e. The lowest BCUT2D eigenvalue weighted by Crippen LogP contribution is -2.17. The first-order valence-electron chi connectivity index (χ1n) is 9.68. The van der Waals surface area contributed by atoms with Crippen LogP contribution in [0.4, 0.5) is 5.69 Å². The molecular formula is C20H23N3O5S. The molecule has 1 fully saturated rings. The average Bonchev–Trinajstić information content (AvgIpc) is 3.27. The minimum absolute atomic E-state index is 0.0728. The normalized spacial score (nSPS) is 20.1. The number of methoxy groups -OCH3 is 1. The van der Waals surface area contributed by atoms with Crippen LogP contribution < -0.4 is 5.32 Å². The highest BCUT2D eigenvalue weighted by molar-refractivity contribution is 7.91. The SMILES string of the molecule is COC(=O)c1cccc(NC(=O)c2nn(C3CCS(=O)(=O)C3)c3c2CCCC3)c1. The summed E-state index contributed by atoms with van der Waals surface area (Å²) < 4.78 is 30.3. The summed E-state index contributed by atoms with van der Waals surface area (Å²) in [5.41, 5.74) is 3.04. The number of esters is 1. The van der Waals surface area contributed by atoms with E-state index < -0.39 is 15.8 Å². The predicted molar refractivity (Wildman–Crippen MR) is 107 cm³/mol. The van der Waals surface area contributed by atoms with E-state index in [1.54, 1.807) is 28.9 Å². The quantitative estimate of drug-likeness (QED) is 0.764. The molecule has 0 bridgehead atoms. The van der Waals surface area contributed by atoms with Crippen LogP contribution in [-0.4, -0.2) is 48.7 Å². The molecular weight excluding hydrogens is 394 g/mol. The van der Waals surface area contributed by atoms with Crippen molar-refractivity contribution in [3.8, 4) is 0 Å². The Morgan fingerprint density at radius 2 is 2.03 bits per heavy atom. The van der Waals surface area contributed by atoms with Crippen molar-refractivity contribution in [3.05, 3.63) is 46.8 Å². The van der Waals surface area contributed by atoms with Gasteiger partial charge in [-0.1, -0.05) is 6.07 Å². The van der Waals surface area contributed by atoms with Crippen LogP contribution >= 0.6 is 0 Å². The van der Waals surface area contributed by atoms with Crippen LogP contribution in [-0.2, 0) is 27.4 Å². The zero-order valence-electron chi connectivity index (χ0n) is 16.2. The fraction of sp³-hybridized carbons (Fsp3) is 0.450. The number of hydrogen-bond donors (Lipinski definition) is 1. The first kappa shape index (κ1) is 19.6. The van der Waals surface area contributed by atoms with Crippen molar-refractivity contribution in [3.63, 3.8) is 0 Å². The Bertz CT molecular complexity index is 1070. The van der Waals surface area contributed by atoms with Gasteiger partial charge in [-0.15, -0.1) is 0 Å². The van der Waals surface area contributed by atoms with E-state index in [9.17, 15) is 18.0 Å². The van der Waals surface area contributed by atoms with Crippen molar-refractivity contribution < 1.29 is 22.7 Å². The van der Waals surface area contributed by atoms with E-state index in [1.807, 2.05) is 0 Å².